The van der Waals surface area contributed by atoms with Crippen LogP contribution >= 0.6 is 7.82 Å². The molecule has 0 bridgehead atoms. The quantitative estimate of drug-likeness (QED) is 0.401. The molecule has 4 rings (SSSR count). The maximum Gasteiger partial charge on any atom is 0.476 e. The highest BCUT2D eigenvalue weighted by molar-refractivity contribution is 7.48. The van der Waals surface area contributed by atoms with Crippen LogP contribution in [0.3, 0.4) is 0 Å². The van der Waals surface area contributed by atoms with Crippen LogP contribution in [0.4, 0.5) is 0 Å². The fourth-order valence-electron chi connectivity index (χ4n) is 4.60. The lowest BCUT2D eigenvalue weighted by Gasteiger charge is -2.33. The largest absolute Gasteiger partial charge is 0.476 e. The summed E-state index contributed by atoms with van der Waals surface area (Å²) in [6.45, 7) is 8.88. The number of carbonyl (C=O) groups is 1. The number of hydrogen-bond acceptors (Lipinski definition) is 10. The summed E-state index contributed by atoms with van der Waals surface area (Å²) >= 11 is 0. The number of phosphoric ester groups is 1. The van der Waals surface area contributed by atoms with Crippen LogP contribution in [0.1, 0.15) is 47.3 Å². The van der Waals surface area contributed by atoms with E-state index in [0.717, 1.165) is 4.57 Å². The minimum Gasteiger partial charge on any atom is -0.463 e. The molecule has 3 fully saturated rings. The summed E-state index contributed by atoms with van der Waals surface area (Å²) in [6.07, 6.45) is -1.04. The standard InChI is InChI=1S/C20H30N3O9P/c1-10(2)12(16(25)29-11(3)4)7-9-28-33(27)31-15-14-20(15,32-33)19(5,21)17(30-14)23-8-6-13(24)22-18(23)26/h6,8,10-12,14-15,17H,7,9,21H2,1-5H3,(H,22,24,26)/t12?,14-,15?,17-,19+,20+,33+/m1/s1. The molecule has 3 N–H and O–H groups in total. The second kappa shape index (κ2) is 8.14. The van der Waals surface area contributed by atoms with E-state index in [-0.39, 0.29) is 31.0 Å². The molecule has 33 heavy (non-hydrogen) atoms. The topological polar surface area (TPSA) is 161 Å². The lowest BCUT2D eigenvalue weighted by Crippen LogP contribution is -2.57. The molecule has 0 radical (unpaired) electrons. The molecule has 1 aromatic heterocycles. The molecular weight excluding hydrogens is 457 g/mol. The van der Waals surface area contributed by atoms with Gasteiger partial charge in [0.05, 0.1) is 24.2 Å². The Hall–Kier alpha value is -1.82. The van der Waals surface area contributed by atoms with Crippen molar-refractivity contribution in [1.29, 1.82) is 0 Å². The normalized spacial score (nSPS) is 37.8. The molecule has 3 heterocycles. The Morgan fingerprint density at radius 1 is 1.30 bits per heavy atom. The number of ether oxygens (including phenoxy) is 2. The highest BCUT2D eigenvalue weighted by Crippen LogP contribution is 2.77. The number of nitrogens with two attached hydrogens (primary N) is 1. The summed E-state index contributed by atoms with van der Waals surface area (Å²) in [4.78, 5) is 38.1. The number of aromatic nitrogens is 2. The zero-order chi connectivity index (χ0) is 24.3. The summed E-state index contributed by atoms with van der Waals surface area (Å²) in [5.41, 5.74) is 2.70. The summed E-state index contributed by atoms with van der Waals surface area (Å²) < 4.78 is 42.3. The number of rotatable bonds is 8. The lowest BCUT2D eigenvalue weighted by molar-refractivity contribution is -0.154. The first-order chi connectivity index (χ1) is 15.3. The van der Waals surface area contributed by atoms with Gasteiger partial charge in [-0.25, -0.2) is 9.36 Å². The molecule has 7 atom stereocenters. The van der Waals surface area contributed by atoms with Crippen LogP contribution in [-0.4, -0.2) is 51.6 Å². The van der Waals surface area contributed by atoms with E-state index in [1.807, 2.05) is 13.8 Å². The average molecular weight is 487 g/mol. The third-order valence-corrected chi connectivity index (χ3v) is 7.90. The molecule has 0 amide bonds. The minimum atomic E-state index is -3.97. The zero-order valence-electron chi connectivity index (χ0n) is 19.2. The van der Waals surface area contributed by atoms with Crippen molar-refractivity contribution < 1.29 is 32.4 Å². The number of hydrogen-bond donors (Lipinski definition) is 2. The third-order valence-electron chi connectivity index (χ3n) is 6.39. The van der Waals surface area contributed by atoms with Crippen LogP contribution in [0.5, 0.6) is 0 Å². The first kappa shape index (κ1) is 24.3. The van der Waals surface area contributed by atoms with E-state index in [1.54, 1.807) is 20.8 Å². The van der Waals surface area contributed by atoms with Crippen LogP contribution in [0.2, 0.25) is 0 Å². The number of carbonyl (C=O) groups excluding carboxylic acids is 1. The fourth-order valence-corrected chi connectivity index (χ4v) is 6.41. The molecule has 2 saturated heterocycles. The van der Waals surface area contributed by atoms with Crippen molar-refractivity contribution in [2.45, 2.75) is 76.7 Å². The first-order valence-electron chi connectivity index (χ1n) is 10.9. The Morgan fingerprint density at radius 2 is 2.00 bits per heavy atom. The molecule has 0 aromatic carbocycles. The molecule has 1 saturated carbocycles. The van der Waals surface area contributed by atoms with Gasteiger partial charge in [-0.3, -0.25) is 32.7 Å². The lowest BCUT2D eigenvalue weighted by atomic mass is 9.92. The predicted octanol–water partition coefficient (Wildman–Crippen LogP) is 1.06. The maximum atomic E-state index is 13.1. The molecule has 184 valence electrons. The van der Waals surface area contributed by atoms with Crippen LogP contribution < -0.4 is 17.0 Å². The van der Waals surface area contributed by atoms with E-state index in [4.69, 9.17) is 28.8 Å². The SMILES string of the molecule is CC(C)OC(=O)C(CCO[P@@]1(=O)OC2[C@H]3O[C@@H](n4ccc(=O)[nH]c4=O)[C@](C)(N)[C@@]23O1)C(C)C. The van der Waals surface area contributed by atoms with Crippen molar-refractivity contribution in [2.24, 2.45) is 17.6 Å². The van der Waals surface area contributed by atoms with Crippen molar-refractivity contribution >= 4 is 13.8 Å². The number of esters is 1. The molecule has 13 heteroatoms. The van der Waals surface area contributed by atoms with Crippen LogP contribution in [0, 0.1) is 11.8 Å². The van der Waals surface area contributed by atoms with Crippen LogP contribution in [0.15, 0.2) is 21.9 Å². The van der Waals surface area contributed by atoms with Gasteiger partial charge in [0.25, 0.3) is 5.56 Å². The summed E-state index contributed by atoms with van der Waals surface area (Å²) in [6, 6.07) is 1.18. The van der Waals surface area contributed by atoms with Crippen LogP contribution in [-0.2, 0) is 32.4 Å². The minimum absolute atomic E-state index is 0.00507. The van der Waals surface area contributed by atoms with Gasteiger partial charge >= 0.3 is 19.5 Å². The smallest absolute Gasteiger partial charge is 0.463 e. The number of phosphoric acid groups is 1. The van der Waals surface area contributed by atoms with Crippen molar-refractivity contribution in [3.63, 3.8) is 0 Å². The van der Waals surface area contributed by atoms with E-state index < -0.39 is 54.6 Å². The first-order valence-corrected chi connectivity index (χ1v) is 12.4. The molecular formula is C20H30N3O9P. The average Bonchev–Trinajstić information content (AvgIpc) is 3.01. The van der Waals surface area contributed by atoms with Gasteiger partial charge in [-0.2, -0.15) is 0 Å². The molecule has 1 spiro atoms. The predicted molar refractivity (Wildman–Crippen MR) is 114 cm³/mol. The second-order valence-electron chi connectivity index (χ2n) is 9.52. The van der Waals surface area contributed by atoms with Gasteiger partial charge in [0.2, 0.25) is 0 Å². The molecule has 2 aliphatic heterocycles. The highest BCUT2D eigenvalue weighted by atomic mass is 31.2. The number of nitrogens with one attached hydrogen (secondary N) is 1. The number of fused-ring (bicyclic) bond motifs is 1. The third kappa shape index (κ3) is 3.92. The Morgan fingerprint density at radius 3 is 2.61 bits per heavy atom. The van der Waals surface area contributed by atoms with Gasteiger partial charge in [-0.1, -0.05) is 13.8 Å². The molecule has 1 aliphatic carbocycles. The molecule has 1 aromatic rings. The van der Waals surface area contributed by atoms with Crippen LogP contribution in [0.25, 0.3) is 0 Å². The molecule has 3 aliphatic rings. The Kier molecular flexibility index (Phi) is 6.00. The van der Waals surface area contributed by atoms with Crippen molar-refractivity contribution in [1.82, 2.24) is 9.55 Å². The Balaban J connectivity index is 1.43. The van der Waals surface area contributed by atoms with Crippen molar-refractivity contribution in [3.8, 4) is 0 Å². The van der Waals surface area contributed by atoms with E-state index in [2.05, 4.69) is 4.98 Å². The van der Waals surface area contributed by atoms with Gasteiger partial charge in [-0.15, -0.1) is 0 Å². The highest BCUT2D eigenvalue weighted by Gasteiger charge is 2.89. The second-order valence-corrected chi connectivity index (χ2v) is 11.1. The van der Waals surface area contributed by atoms with Gasteiger partial charge in [0, 0.05) is 12.3 Å². The molecule has 12 nitrogen and oxygen atoms in total. The van der Waals surface area contributed by atoms with Crippen molar-refractivity contribution in [2.75, 3.05) is 6.61 Å². The van der Waals surface area contributed by atoms with E-state index in [9.17, 15) is 18.9 Å². The van der Waals surface area contributed by atoms with E-state index in [0.29, 0.717) is 0 Å². The van der Waals surface area contributed by atoms with Gasteiger partial charge in [0.1, 0.15) is 12.2 Å². The Labute approximate surface area is 190 Å². The van der Waals surface area contributed by atoms with Gasteiger partial charge in [-0.05, 0) is 33.1 Å². The number of H-pyrrole nitrogens is 1. The Bertz CT molecular complexity index is 1100. The number of nitrogens with zero attached hydrogens (tertiary/aromatic N) is 1. The maximum absolute atomic E-state index is 13.1. The monoisotopic (exact) mass is 487 g/mol. The van der Waals surface area contributed by atoms with Gasteiger partial charge in [0.15, 0.2) is 11.8 Å². The summed E-state index contributed by atoms with van der Waals surface area (Å²) in [5.74, 6) is -0.785. The summed E-state index contributed by atoms with van der Waals surface area (Å²) in [5, 5.41) is 0. The van der Waals surface area contributed by atoms with Gasteiger partial charge < -0.3 is 15.2 Å². The van der Waals surface area contributed by atoms with Crippen molar-refractivity contribution in [3.05, 3.63) is 33.1 Å². The zero-order valence-corrected chi connectivity index (χ0v) is 20.1. The fraction of sp³-hybridized carbons (Fsp3) is 0.750. The molecule has 2 unspecified atom stereocenters. The summed E-state index contributed by atoms with van der Waals surface area (Å²) in [7, 11) is -3.97. The van der Waals surface area contributed by atoms with E-state index in [1.165, 1.54) is 12.3 Å². The number of aromatic amines is 1. The van der Waals surface area contributed by atoms with E-state index >= 15 is 0 Å².